The molecule has 0 aromatic heterocycles. The van der Waals surface area contributed by atoms with Crippen LogP contribution in [0.5, 0.6) is 5.75 Å². The summed E-state index contributed by atoms with van der Waals surface area (Å²) >= 11 is 3.33. The van der Waals surface area contributed by atoms with Crippen LogP contribution in [0.4, 0.5) is 0 Å². The number of benzene rings is 2. The summed E-state index contributed by atoms with van der Waals surface area (Å²) < 4.78 is 6.34. The fraction of sp³-hybridized carbons (Fsp3) is 0.188. The van der Waals surface area contributed by atoms with Crippen molar-refractivity contribution in [3.05, 3.63) is 64.6 Å². The number of nitrogens with one attached hydrogen (secondary N) is 1. The smallest absolute Gasteiger partial charge is 0.258 e. The first-order valence-electron chi connectivity index (χ1n) is 6.52. The maximum atomic E-state index is 11.9. The van der Waals surface area contributed by atoms with E-state index < -0.39 is 6.04 Å². The molecular formula is C16H16BrNO3. The molecule has 0 saturated carbocycles. The topological polar surface area (TPSA) is 58.6 Å². The summed E-state index contributed by atoms with van der Waals surface area (Å²) in [4.78, 5) is 11.9. The lowest BCUT2D eigenvalue weighted by atomic mass is 10.1. The molecular weight excluding hydrogens is 334 g/mol. The first kappa shape index (κ1) is 15.5. The zero-order chi connectivity index (χ0) is 15.1. The Balaban J connectivity index is 1.87. The Kier molecular flexibility index (Phi) is 5.78. The molecule has 110 valence electrons. The predicted octanol–water partition coefficient (Wildman–Crippen LogP) is 2.68. The highest BCUT2D eigenvalue weighted by Gasteiger charge is 2.13. The van der Waals surface area contributed by atoms with Gasteiger partial charge in [0.15, 0.2) is 6.61 Å². The van der Waals surface area contributed by atoms with Gasteiger partial charge in [0.25, 0.3) is 5.91 Å². The van der Waals surface area contributed by atoms with Crippen LogP contribution in [0.1, 0.15) is 11.6 Å². The van der Waals surface area contributed by atoms with Gasteiger partial charge in [-0.15, -0.1) is 0 Å². The lowest BCUT2D eigenvalue weighted by Crippen LogP contribution is -2.34. The van der Waals surface area contributed by atoms with E-state index in [1.807, 2.05) is 42.5 Å². The highest BCUT2D eigenvalue weighted by molar-refractivity contribution is 9.10. The van der Waals surface area contributed by atoms with Gasteiger partial charge < -0.3 is 15.2 Å². The van der Waals surface area contributed by atoms with Crippen LogP contribution in [-0.4, -0.2) is 24.2 Å². The molecule has 2 N–H and O–H groups in total. The van der Waals surface area contributed by atoms with Crippen LogP contribution in [-0.2, 0) is 4.79 Å². The molecule has 0 radical (unpaired) electrons. The van der Waals surface area contributed by atoms with Crippen LogP contribution in [0.25, 0.3) is 0 Å². The molecule has 0 aliphatic rings. The Hall–Kier alpha value is -1.85. The van der Waals surface area contributed by atoms with E-state index in [0.29, 0.717) is 5.75 Å². The zero-order valence-electron chi connectivity index (χ0n) is 11.3. The SMILES string of the molecule is O=C(COc1ccc(Br)cc1)NC(CO)c1ccccc1. The molecule has 0 heterocycles. The lowest BCUT2D eigenvalue weighted by Gasteiger charge is -2.17. The molecule has 1 unspecified atom stereocenters. The van der Waals surface area contributed by atoms with E-state index in [1.54, 1.807) is 12.1 Å². The fourth-order valence-corrected chi connectivity index (χ4v) is 2.10. The Morgan fingerprint density at radius 3 is 2.43 bits per heavy atom. The summed E-state index contributed by atoms with van der Waals surface area (Å²) in [6.45, 7) is -0.251. The first-order chi connectivity index (χ1) is 10.2. The number of carbonyl (C=O) groups is 1. The molecule has 0 aliphatic heterocycles. The first-order valence-corrected chi connectivity index (χ1v) is 7.32. The number of aliphatic hydroxyl groups excluding tert-OH is 1. The van der Waals surface area contributed by atoms with Crippen LogP contribution in [0.15, 0.2) is 59.1 Å². The van der Waals surface area contributed by atoms with E-state index in [-0.39, 0.29) is 19.1 Å². The minimum Gasteiger partial charge on any atom is -0.484 e. The van der Waals surface area contributed by atoms with Gasteiger partial charge in [0.05, 0.1) is 12.6 Å². The van der Waals surface area contributed by atoms with Gasteiger partial charge in [-0.2, -0.15) is 0 Å². The molecule has 0 aliphatic carbocycles. The quantitative estimate of drug-likeness (QED) is 0.842. The van der Waals surface area contributed by atoms with Crippen LogP contribution in [0.2, 0.25) is 0 Å². The normalized spacial score (nSPS) is 11.7. The number of ether oxygens (including phenoxy) is 1. The van der Waals surface area contributed by atoms with Crippen LogP contribution < -0.4 is 10.1 Å². The molecule has 2 rings (SSSR count). The molecule has 1 amide bonds. The number of aliphatic hydroxyl groups is 1. The number of hydrogen-bond acceptors (Lipinski definition) is 3. The van der Waals surface area contributed by atoms with Gasteiger partial charge in [-0.3, -0.25) is 4.79 Å². The van der Waals surface area contributed by atoms with Gasteiger partial charge in [0.1, 0.15) is 5.75 Å². The van der Waals surface area contributed by atoms with Crippen LogP contribution >= 0.6 is 15.9 Å². The van der Waals surface area contributed by atoms with E-state index in [1.165, 1.54) is 0 Å². The molecule has 0 fully saturated rings. The Labute approximate surface area is 131 Å². The van der Waals surface area contributed by atoms with E-state index in [4.69, 9.17) is 4.74 Å². The minimum absolute atomic E-state index is 0.0923. The van der Waals surface area contributed by atoms with Gasteiger partial charge in [-0.25, -0.2) is 0 Å². The second kappa shape index (κ2) is 7.81. The van der Waals surface area contributed by atoms with Crippen molar-refractivity contribution in [1.82, 2.24) is 5.32 Å². The van der Waals surface area contributed by atoms with Gasteiger partial charge >= 0.3 is 0 Å². The molecule has 2 aromatic rings. The Morgan fingerprint density at radius 1 is 1.14 bits per heavy atom. The maximum Gasteiger partial charge on any atom is 0.258 e. The summed E-state index contributed by atoms with van der Waals surface area (Å²) in [5, 5.41) is 12.1. The second-order valence-corrected chi connectivity index (χ2v) is 5.37. The third-order valence-electron chi connectivity index (χ3n) is 2.90. The van der Waals surface area contributed by atoms with E-state index in [2.05, 4.69) is 21.2 Å². The van der Waals surface area contributed by atoms with Gasteiger partial charge in [0, 0.05) is 4.47 Å². The molecule has 21 heavy (non-hydrogen) atoms. The lowest BCUT2D eigenvalue weighted by molar-refractivity contribution is -0.124. The van der Waals surface area contributed by atoms with Crippen molar-refractivity contribution in [1.29, 1.82) is 0 Å². The predicted molar refractivity (Wildman–Crippen MR) is 84.0 cm³/mol. The number of amides is 1. The van der Waals surface area contributed by atoms with Crippen molar-refractivity contribution >= 4 is 21.8 Å². The highest BCUT2D eigenvalue weighted by Crippen LogP contribution is 2.16. The summed E-state index contributed by atoms with van der Waals surface area (Å²) in [5.41, 5.74) is 0.858. The van der Waals surface area contributed by atoms with Crippen molar-refractivity contribution in [3.8, 4) is 5.75 Å². The summed E-state index contributed by atoms with van der Waals surface area (Å²) in [6.07, 6.45) is 0. The molecule has 0 saturated heterocycles. The Bertz CT molecular complexity index is 572. The molecule has 2 aromatic carbocycles. The van der Waals surface area contributed by atoms with Crippen molar-refractivity contribution < 1.29 is 14.6 Å². The number of halogens is 1. The molecule has 0 spiro atoms. The van der Waals surface area contributed by atoms with Gasteiger partial charge in [0.2, 0.25) is 0 Å². The number of carbonyl (C=O) groups excluding carboxylic acids is 1. The average molecular weight is 350 g/mol. The Morgan fingerprint density at radius 2 is 1.81 bits per heavy atom. The van der Waals surface area contributed by atoms with Crippen LogP contribution in [0.3, 0.4) is 0 Å². The van der Waals surface area contributed by atoms with E-state index in [9.17, 15) is 9.90 Å². The maximum absolute atomic E-state index is 11.9. The van der Waals surface area contributed by atoms with Crippen molar-refractivity contribution in [2.75, 3.05) is 13.2 Å². The summed E-state index contributed by atoms with van der Waals surface area (Å²) in [6, 6.07) is 16.1. The second-order valence-electron chi connectivity index (χ2n) is 4.46. The fourth-order valence-electron chi connectivity index (χ4n) is 1.84. The molecule has 4 nitrogen and oxygen atoms in total. The van der Waals surface area contributed by atoms with E-state index >= 15 is 0 Å². The third kappa shape index (κ3) is 4.88. The number of hydrogen-bond donors (Lipinski definition) is 2. The van der Waals surface area contributed by atoms with E-state index in [0.717, 1.165) is 10.0 Å². The van der Waals surface area contributed by atoms with Crippen molar-refractivity contribution in [2.45, 2.75) is 6.04 Å². The van der Waals surface area contributed by atoms with Crippen molar-refractivity contribution in [3.63, 3.8) is 0 Å². The molecule has 5 heteroatoms. The highest BCUT2D eigenvalue weighted by atomic mass is 79.9. The molecule has 1 atom stereocenters. The standard InChI is InChI=1S/C16H16BrNO3/c17-13-6-8-14(9-7-13)21-11-16(20)18-15(10-19)12-4-2-1-3-5-12/h1-9,15,19H,10-11H2,(H,18,20). The third-order valence-corrected chi connectivity index (χ3v) is 3.43. The monoisotopic (exact) mass is 349 g/mol. The zero-order valence-corrected chi connectivity index (χ0v) is 12.9. The average Bonchev–Trinajstić information content (AvgIpc) is 2.53. The van der Waals surface area contributed by atoms with Crippen molar-refractivity contribution in [2.24, 2.45) is 0 Å². The molecule has 0 bridgehead atoms. The largest absolute Gasteiger partial charge is 0.484 e. The number of rotatable bonds is 6. The van der Waals surface area contributed by atoms with Crippen LogP contribution in [0, 0.1) is 0 Å². The van der Waals surface area contributed by atoms with Gasteiger partial charge in [-0.05, 0) is 29.8 Å². The van der Waals surface area contributed by atoms with Gasteiger partial charge in [-0.1, -0.05) is 46.3 Å². The summed E-state index contributed by atoms with van der Waals surface area (Å²) in [5.74, 6) is 0.342. The summed E-state index contributed by atoms with van der Waals surface area (Å²) in [7, 11) is 0. The minimum atomic E-state index is -0.424.